The Balaban J connectivity index is 0.00000280. The van der Waals surface area contributed by atoms with Crippen molar-refractivity contribution in [3.05, 3.63) is 47.0 Å². The number of hydrogen-bond donors (Lipinski definition) is 0. The maximum atomic E-state index is 12.5. The van der Waals surface area contributed by atoms with Gasteiger partial charge >= 0.3 is 0 Å². The predicted octanol–water partition coefficient (Wildman–Crippen LogP) is 6.16. The Hall–Kier alpha value is -1.84. The highest BCUT2D eigenvalue weighted by Crippen LogP contribution is 2.35. The fourth-order valence-corrected chi connectivity index (χ4v) is 4.36. The summed E-state index contributed by atoms with van der Waals surface area (Å²) in [5.41, 5.74) is 5.87. The second-order valence-electron chi connectivity index (χ2n) is 7.68. The van der Waals surface area contributed by atoms with Crippen LogP contribution in [0.3, 0.4) is 0 Å². The van der Waals surface area contributed by atoms with E-state index >= 15 is 0 Å². The highest BCUT2D eigenvalue weighted by Gasteiger charge is 2.19. The standard InChI is InChI=1S/C24H32N2O.ClH/c1-6-14-25(15-7-2)16-13-20-9-8-10-21-23(20)22-17(3)11-12-18(4)24(22)26(21)19(5)27;/h8-12H,6-7,13-16H2,1-5H3;1H. The molecule has 0 N–H and O–H groups in total. The lowest BCUT2D eigenvalue weighted by Gasteiger charge is -2.21. The zero-order chi connectivity index (χ0) is 19.6. The summed E-state index contributed by atoms with van der Waals surface area (Å²) in [6.07, 6.45) is 3.39. The first-order valence-corrected chi connectivity index (χ1v) is 10.2. The number of halogens is 1. The lowest BCUT2D eigenvalue weighted by Crippen LogP contribution is -2.27. The monoisotopic (exact) mass is 400 g/mol. The van der Waals surface area contributed by atoms with Gasteiger partial charge in [0.25, 0.3) is 0 Å². The van der Waals surface area contributed by atoms with Crippen LogP contribution in [-0.2, 0) is 6.42 Å². The Bertz CT molecular complexity index is 968. The van der Waals surface area contributed by atoms with Crippen LogP contribution in [0.15, 0.2) is 30.3 Å². The number of hydrogen-bond acceptors (Lipinski definition) is 2. The van der Waals surface area contributed by atoms with Gasteiger partial charge in [0.15, 0.2) is 0 Å². The molecule has 4 heteroatoms. The van der Waals surface area contributed by atoms with E-state index in [1.54, 1.807) is 6.92 Å². The number of rotatable bonds is 7. The Labute approximate surface area is 175 Å². The molecular weight excluding hydrogens is 368 g/mol. The first-order chi connectivity index (χ1) is 13.0. The lowest BCUT2D eigenvalue weighted by atomic mass is 9.99. The first kappa shape index (κ1) is 22.4. The van der Waals surface area contributed by atoms with Crippen LogP contribution in [0.2, 0.25) is 0 Å². The molecule has 3 aromatic rings. The van der Waals surface area contributed by atoms with Crippen molar-refractivity contribution < 1.29 is 4.79 Å². The summed E-state index contributed by atoms with van der Waals surface area (Å²) in [6, 6.07) is 10.7. The second-order valence-corrected chi connectivity index (χ2v) is 7.68. The summed E-state index contributed by atoms with van der Waals surface area (Å²) in [4.78, 5) is 15.1. The van der Waals surface area contributed by atoms with Crippen LogP contribution in [0.5, 0.6) is 0 Å². The summed E-state index contributed by atoms with van der Waals surface area (Å²) in [6.45, 7) is 13.8. The van der Waals surface area contributed by atoms with E-state index in [0.29, 0.717) is 0 Å². The quantitative estimate of drug-likeness (QED) is 0.474. The molecule has 0 aliphatic rings. The van der Waals surface area contributed by atoms with Crippen molar-refractivity contribution in [1.29, 1.82) is 0 Å². The first-order valence-electron chi connectivity index (χ1n) is 10.2. The second kappa shape index (κ2) is 9.58. The van der Waals surface area contributed by atoms with E-state index in [-0.39, 0.29) is 18.3 Å². The molecule has 3 nitrogen and oxygen atoms in total. The Morgan fingerprint density at radius 2 is 1.57 bits per heavy atom. The van der Waals surface area contributed by atoms with Crippen LogP contribution >= 0.6 is 12.4 Å². The van der Waals surface area contributed by atoms with Crippen LogP contribution in [0.25, 0.3) is 21.8 Å². The van der Waals surface area contributed by atoms with Gasteiger partial charge in [0.1, 0.15) is 0 Å². The fraction of sp³-hybridized carbons (Fsp3) is 0.458. The molecule has 0 aliphatic heterocycles. The lowest BCUT2D eigenvalue weighted by molar-refractivity contribution is 0.0946. The molecule has 0 atom stereocenters. The SMILES string of the molecule is CCCN(CCC)CCc1cccc2c1c1c(C)ccc(C)c1n2C(C)=O.Cl. The van der Waals surface area contributed by atoms with Gasteiger partial charge in [0.05, 0.1) is 11.0 Å². The smallest absolute Gasteiger partial charge is 0.228 e. The van der Waals surface area contributed by atoms with E-state index in [2.05, 4.69) is 62.9 Å². The van der Waals surface area contributed by atoms with Gasteiger partial charge in [-0.2, -0.15) is 0 Å². The molecule has 0 unspecified atom stereocenters. The maximum Gasteiger partial charge on any atom is 0.228 e. The zero-order valence-electron chi connectivity index (χ0n) is 17.8. The average Bonchev–Trinajstić information content (AvgIpc) is 3.00. The molecule has 0 saturated heterocycles. The van der Waals surface area contributed by atoms with E-state index in [0.717, 1.165) is 42.7 Å². The minimum absolute atomic E-state index is 0. The number of carbonyl (C=O) groups excluding carboxylic acids is 1. The van der Waals surface area contributed by atoms with Crippen molar-refractivity contribution in [2.75, 3.05) is 19.6 Å². The van der Waals surface area contributed by atoms with Gasteiger partial charge in [-0.3, -0.25) is 9.36 Å². The minimum Gasteiger partial charge on any atom is -0.303 e. The summed E-state index contributed by atoms with van der Waals surface area (Å²) in [5, 5.41) is 2.50. The van der Waals surface area contributed by atoms with Crippen molar-refractivity contribution in [3.63, 3.8) is 0 Å². The molecule has 2 aromatic carbocycles. The van der Waals surface area contributed by atoms with E-state index < -0.39 is 0 Å². The number of carbonyl (C=O) groups is 1. The molecule has 0 bridgehead atoms. The number of benzene rings is 2. The largest absolute Gasteiger partial charge is 0.303 e. The van der Waals surface area contributed by atoms with E-state index in [4.69, 9.17) is 0 Å². The Morgan fingerprint density at radius 3 is 2.18 bits per heavy atom. The summed E-state index contributed by atoms with van der Waals surface area (Å²) < 4.78 is 1.91. The third-order valence-electron chi connectivity index (χ3n) is 5.52. The Kier molecular flexibility index (Phi) is 7.68. The molecule has 3 rings (SSSR count). The fourth-order valence-electron chi connectivity index (χ4n) is 4.36. The van der Waals surface area contributed by atoms with E-state index in [1.807, 2.05) is 4.57 Å². The van der Waals surface area contributed by atoms with Gasteiger partial charge in [0, 0.05) is 24.2 Å². The molecule has 28 heavy (non-hydrogen) atoms. The number of aromatic nitrogens is 1. The summed E-state index contributed by atoms with van der Waals surface area (Å²) >= 11 is 0. The van der Waals surface area contributed by atoms with Crippen molar-refractivity contribution in [2.45, 2.75) is 53.9 Å². The van der Waals surface area contributed by atoms with Crippen LogP contribution in [-0.4, -0.2) is 35.0 Å². The van der Waals surface area contributed by atoms with Crippen molar-refractivity contribution >= 4 is 40.1 Å². The predicted molar refractivity (Wildman–Crippen MR) is 123 cm³/mol. The van der Waals surface area contributed by atoms with Gasteiger partial charge in [0.2, 0.25) is 5.91 Å². The average molecular weight is 401 g/mol. The molecule has 0 saturated carbocycles. The molecule has 0 amide bonds. The normalized spacial score (nSPS) is 11.4. The Morgan fingerprint density at radius 1 is 0.929 bits per heavy atom. The van der Waals surface area contributed by atoms with Gasteiger partial charge in [-0.1, -0.05) is 38.1 Å². The molecule has 1 heterocycles. The molecule has 0 fully saturated rings. The van der Waals surface area contributed by atoms with Crippen molar-refractivity contribution in [3.8, 4) is 0 Å². The topological polar surface area (TPSA) is 25.2 Å². The molecule has 0 aliphatic carbocycles. The van der Waals surface area contributed by atoms with Crippen LogP contribution in [0, 0.1) is 13.8 Å². The minimum atomic E-state index is 0. The highest BCUT2D eigenvalue weighted by molar-refractivity contribution is 6.16. The third kappa shape index (κ3) is 4.11. The molecule has 1 aromatic heterocycles. The highest BCUT2D eigenvalue weighted by atomic mass is 35.5. The van der Waals surface area contributed by atoms with Gasteiger partial charge in [-0.15, -0.1) is 12.4 Å². The van der Waals surface area contributed by atoms with Crippen LogP contribution < -0.4 is 0 Å². The third-order valence-corrected chi connectivity index (χ3v) is 5.52. The van der Waals surface area contributed by atoms with Crippen LogP contribution in [0.4, 0.5) is 0 Å². The van der Waals surface area contributed by atoms with E-state index in [9.17, 15) is 4.79 Å². The van der Waals surface area contributed by atoms with Crippen LogP contribution in [0.1, 0.15) is 55.1 Å². The molecule has 0 radical (unpaired) electrons. The molecule has 0 spiro atoms. The summed E-state index contributed by atoms with van der Waals surface area (Å²) in [7, 11) is 0. The molecular formula is C24H33ClN2O. The number of aryl methyl sites for hydroxylation is 2. The van der Waals surface area contributed by atoms with Gasteiger partial charge < -0.3 is 4.90 Å². The van der Waals surface area contributed by atoms with Crippen molar-refractivity contribution in [2.24, 2.45) is 0 Å². The van der Waals surface area contributed by atoms with E-state index in [1.165, 1.54) is 34.7 Å². The van der Waals surface area contributed by atoms with Gasteiger partial charge in [-0.25, -0.2) is 0 Å². The summed E-state index contributed by atoms with van der Waals surface area (Å²) in [5.74, 6) is 0.0828. The number of fused-ring (bicyclic) bond motifs is 3. The maximum absolute atomic E-state index is 12.5. The number of nitrogens with zero attached hydrogens (tertiary/aromatic N) is 2. The van der Waals surface area contributed by atoms with Crippen molar-refractivity contribution in [1.82, 2.24) is 9.47 Å². The van der Waals surface area contributed by atoms with Gasteiger partial charge in [-0.05, 0) is 69.0 Å². The zero-order valence-corrected chi connectivity index (χ0v) is 18.7. The molecule has 152 valence electrons.